The summed E-state index contributed by atoms with van der Waals surface area (Å²) >= 11 is 6.79. The van der Waals surface area contributed by atoms with E-state index >= 15 is 0 Å². The van der Waals surface area contributed by atoms with Crippen molar-refractivity contribution in [3.05, 3.63) is 220 Å². The highest BCUT2D eigenvalue weighted by Gasteiger charge is 2.44. The van der Waals surface area contributed by atoms with E-state index in [1.54, 1.807) is 0 Å². The van der Waals surface area contributed by atoms with Gasteiger partial charge in [-0.05, 0) is 114 Å². The molecule has 0 spiro atoms. The van der Waals surface area contributed by atoms with Crippen LogP contribution < -0.4 is 4.90 Å². The molecule has 0 saturated carbocycles. The maximum atomic E-state index is 6.79. The number of fused-ring (bicyclic) bond motifs is 3. The predicted octanol–water partition coefficient (Wildman–Crippen LogP) is 13.0. The largest absolute Gasteiger partial charge is 0.344 e. The highest BCUT2D eigenvalue weighted by atomic mass is 35.5. The first-order valence-electron chi connectivity index (χ1n) is 18.6. The highest BCUT2D eigenvalue weighted by molar-refractivity contribution is 6.30. The van der Waals surface area contributed by atoms with Crippen LogP contribution in [0, 0.1) is 6.92 Å². The van der Waals surface area contributed by atoms with Gasteiger partial charge in [-0.15, -0.1) is 0 Å². The summed E-state index contributed by atoms with van der Waals surface area (Å²) in [5, 5.41) is 3.36. The lowest BCUT2D eigenvalue weighted by atomic mass is 9.65. The summed E-state index contributed by atoms with van der Waals surface area (Å²) in [7, 11) is 0. The van der Waals surface area contributed by atoms with Crippen molar-refractivity contribution in [3.63, 3.8) is 0 Å². The minimum atomic E-state index is -0.433. The Morgan fingerprint density at radius 1 is 0.750 bits per heavy atom. The van der Waals surface area contributed by atoms with Gasteiger partial charge in [-0.2, -0.15) is 0 Å². The van der Waals surface area contributed by atoms with E-state index in [-0.39, 0.29) is 5.41 Å². The fourth-order valence-corrected chi connectivity index (χ4v) is 8.78. The van der Waals surface area contributed by atoms with Gasteiger partial charge in [0.05, 0.1) is 0 Å². The molecule has 2 heteroatoms. The molecule has 1 heterocycles. The molecule has 1 aliphatic rings. The standard InChI is InChI=1S/C50H48ClN/c1-5-32-52-46-31-29-42-25-15-16-26-44(42)48(46)49(4,34-39-19-9-6-10-20-39)47(52)27-17-18-38(3)50(35-40-21-11-7-12-22-40,36-41-23-13-8-14-24-41)45-33-43(51)30-28-37(45)2/h6-31,33H,3,5,32,34-36H2,1-2,4H3/b18-17+,47-27+. The summed E-state index contributed by atoms with van der Waals surface area (Å²) in [4.78, 5) is 2.57. The van der Waals surface area contributed by atoms with Gasteiger partial charge in [-0.1, -0.05) is 165 Å². The monoisotopic (exact) mass is 697 g/mol. The van der Waals surface area contributed by atoms with Gasteiger partial charge in [0, 0.05) is 33.8 Å². The number of halogens is 1. The van der Waals surface area contributed by atoms with E-state index in [9.17, 15) is 0 Å². The van der Waals surface area contributed by atoms with Gasteiger partial charge >= 0.3 is 0 Å². The first-order valence-corrected chi connectivity index (χ1v) is 19.0. The highest BCUT2D eigenvalue weighted by Crippen LogP contribution is 2.52. The van der Waals surface area contributed by atoms with Gasteiger partial charge in [0.2, 0.25) is 0 Å². The summed E-state index contributed by atoms with van der Waals surface area (Å²) in [6.45, 7) is 12.8. The van der Waals surface area contributed by atoms with Crippen LogP contribution in [0.15, 0.2) is 182 Å². The van der Waals surface area contributed by atoms with Crippen LogP contribution in [0.25, 0.3) is 10.8 Å². The first kappa shape index (κ1) is 35.3. The van der Waals surface area contributed by atoms with E-state index in [1.807, 2.05) is 6.07 Å². The Morgan fingerprint density at radius 3 is 1.98 bits per heavy atom. The Bertz CT molecular complexity index is 2190. The van der Waals surface area contributed by atoms with E-state index in [2.05, 4.69) is 183 Å². The second-order valence-electron chi connectivity index (χ2n) is 14.6. The zero-order valence-electron chi connectivity index (χ0n) is 30.7. The zero-order chi connectivity index (χ0) is 36.1. The molecule has 0 saturated heterocycles. The number of anilines is 1. The van der Waals surface area contributed by atoms with E-state index < -0.39 is 5.41 Å². The molecule has 7 rings (SSSR count). The number of hydrogen-bond acceptors (Lipinski definition) is 1. The molecular formula is C50H48ClN. The molecule has 6 aromatic rings. The normalized spacial score (nSPS) is 16.5. The van der Waals surface area contributed by atoms with Crippen molar-refractivity contribution in [2.75, 3.05) is 11.4 Å². The van der Waals surface area contributed by atoms with Crippen molar-refractivity contribution >= 4 is 28.1 Å². The van der Waals surface area contributed by atoms with Crippen LogP contribution >= 0.6 is 11.6 Å². The van der Waals surface area contributed by atoms with E-state index in [0.29, 0.717) is 0 Å². The summed E-state index contributed by atoms with van der Waals surface area (Å²) in [5.74, 6) is 0. The van der Waals surface area contributed by atoms with Crippen molar-refractivity contribution in [1.29, 1.82) is 0 Å². The third-order valence-electron chi connectivity index (χ3n) is 11.0. The van der Waals surface area contributed by atoms with Gasteiger partial charge < -0.3 is 4.90 Å². The van der Waals surface area contributed by atoms with E-state index in [4.69, 9.17) is 18.2 Å². The second kappa shape index (κ2) is 15.2. The van der Waals surface area contributed by atoms with Gasteiger partial charge in [0.1, 0.15) is 0 Å². The van der Waals surface area contributed by atoms with E-state index in [1.165, 1.54) is 55.5 Å². The average Bonchev–Trinajstić information content (AvgIpc) is 3.40. The molecule has 0 radical (unpaired) electrons. The van der Waals surface area contributed by atoms with Crippen molar-refractivity contribution in [2.24, 2.45) is 0 Å². The fraction of sp³-hybridized carbons (Fsp3) is 0.200. The quantitative estimate of drug-likeness (QED) is 0.115. The molecule has 6 aromatic carbocycles. The van der Waals surface area contributed by atoms with Gasteiger partial charge in [-0.3, -0.25) is 0 Å². The molecule has 52 heavy (non-hydrogen) atoms. The molecule has 260 valence electrons. The molecular weight excluding hydrogens is 650 g/mol. The Balaban J connectivity index is 1.38. The topological polar surface area (TPSA) is 3.24 Å². The molecule has 1 nitrogen and oxygen atoms in total. The summed E-state index contributed by atoms with van der Waals surface area (Å²) in [5.41, 5.74) is 10.8. The summed E-state index contributed by atoms with van der Waals surface area (Å²) in [6.07, 6.45) is 10.5. The minimum absolute atomic E-state index is 0.243. The van der Waals surface area contributed by atoms with Crippen LogP contribution in [0.3, 0.4) is 0 Å². The molecule has 1 aliphatic heterocycles. The van der Waals surface area contributed by atoms with Crippen LogP contribution in [-0.4, -0.2) is 6.54 Å². The Hall–Kier alpha value is -5.11. The zero-order valence-corrected chi connectivity index (χ0v) is 31.4. The lowest BCUT2D eigenvalue weighted by Crippen LogP contribution is -2.34. The molecule has 0 bridgehead atoms. The van der Waals surface area contributed by atoms with Gasteiger partial charge in [0.25, 0.3) is 0 Å². The molecule has 0 aliphatic carbocycles. The van der Waals surface area contributed by atoms with Crippen molar-refractivity contribution < 1.29 is 0 Å². The van der Waals surface area contributed by atoms with Crippen LogP contribution in [-0.2, 0) is 30.1 Å². The smallest absolute Gasteiger partial charge is 0.0457 e. The Morgan fingerprint density at radius 2 is 1.35 bits per heavy atom. The number of allylic oxidation sites excluding steroid dienone is 5. The SMILES string of the molecule is C=C(/C=C/C=C1/N(CCC)c2ccc3ccccc3c2C1(C)Cc1ccccc1)C(Cc1ccccc1)(Cc1ccccc1)c1cc(Cl)ccc1C. The van der Waals surface area contributed by atoms with Gasteiger partial charge in [0.15, 0.2) is 0 Å². The molecule has 0 amide bonds. The predicted molar refractivity (Wildman–Crippen MR) is 224 cm³/mol. The number of nitrogens with zero attached hydrogens (tertiary/aromatic N) is 1. The lowest BCUT2D eigenvalue weighted by molar-refractivity contribution is 0.504. The molecule has 0 N–H and O–H groups in total. The van der Waals surface area contributed by atoms with Crippen LogP contribution in [0.2, 0.25) is 5.02 Å². The van der Waals surface area contributed by atoms with Gasteiger partial charge in [-0.25, -0.2) is 0 Å². The lowest BCUT2D eigenvalue weighted by Gasteiger charge is -2.38. The molecule has 0 fully saturated rings. The number of aryl methyl sites for hydroxylation is 1. The third kappa shape index (κ3) is 6.91. The van der Waals surface area contributed by atoms with Crippen LogP contribution in [0.1, 0.15) is 53.6 Å². The average molecular weight is 698 g/mol. The van der Waals surface area contributed by atoms with Crippen molar-refractivity contribution in [2.45, 2.75) is 57.3 Å². The number of rotatable bonds is 12. The summed E-state index contributed by atoms with van der Waals surface area (Å²) < 4.78 is 0. The molecule has 1 unspecified atom stereocenters. The number of benzene rings is 6. The molecule has 1 atom stereocenters. The minimum Gasteiger partial charge on any atom is -0.344 e. The Kier molecular flexibility index (Phi) is 10.3. The van der Waals surface area contributed by atoms with Crippen molar-refractivity contribution in [1.82, 2.24) is 0 Å². The maximum absolute atomic E-state index is 6.79. The molecule has 0 aromatic heterocycles. The third-order valence-corrected chi connectivity index (χ3v) is 11.3. The van der Waals surface area contributed by atoms with E-state index in [0.717, 1.165) is 42.8 Å². The Labute approximate surface area is 315 Å². The van der Waals surface area contributed by atoms with Crippen molar-refractivity contribution in [3.8, 4) is 0 Å². The second-order valence-corrected chi connectivity index (χ2v) is 15.1. The number of hydrogen-bond donors (Lipinski definition) is 0. The van der Waals surface area contributed by atoms with Crippen LogP contribution in [0.4, 0.5) is 5.69 Å². The maximum Gasteiger partial charge on any atom is 0.0457 e. The first-order chi connectivity index (χ1) is 25.3. The summed E-state index contributed by atoms with van der Waals surface area (Å²) in [6, 6.07) is 52.4. The van der Waals surface area contributed by atoms with Crippen LogP contribution in [0.5, 0.6) is 0 Å². The fourth-order valence-electron chi connectivity index (χ4n) is 8.61.